The highest BCUT2D eigenvalue weighted by Gasteiger charge is 2.33. The number of nitrogens with one attached hydrogen (secondary N) is 1. The van der Waals surface area contributed by atoms with Crippen LogP contribution in [-0.2, 0) is 10.1 Å². The quantitative estimate of drug-likeness (QED) is 0.690. The smallest absolute Gasteiger partial charge is 0.296 e. The first-order chi connectivity index (χ1) is 7.89. The molecule has 1 aliphatic rings. The van der Waals surface area contributed by atoms with Crippen molar-refractivity contribution in [3.63, 3.8) is 0 Å². The number of hydrogen-bond donors (Lipinski definition) is 3. The second-order valence-corrected chi connectivity index (χ2v) is 5.23. The third-order valence-electron chi connectivity index (χ3n) is 2.25. The van der Waals surface area contributed by atoms with Crippen LogP contribution < -0.4 is 10.4 Å². The van der Waals surface area contributed by atoms with E-state index >= 15 is 0 Å². The molecule has 0 radical (unpaired) electrons. The molecule has 0 fully saturated rings. The highest BCUT2D eigenvalue weighted by atomic mass is 35.5. The number of aliphatic hydroxyl groups excluding tert-OH is 1. The molecule has 1 aromatic rings. The molecule has 1 aromatic carbocycles. The Morgan fingerprint density at radius 1 is 1.29 bits per heavy atom. The zero-order chi connectivity index (χ0) is 12.6. The summed E-state index contributed by atoms with van der Waals surface area (Å²) in [5, 5.41) is 11.4. The van der Waals surface area contributed by atoms with Gasteiger partial charge in [0.05, 0.1) is 5.69 Å². The molecule has 6 nitrogen and oxygen atoms in total. The number of hydrogen-bond acceptors (Lipinski definition) is 5. The minimum absolute atomic E-state index is 0.507. The van der Waals surface area contributed by atoms with Gasteiger partial charge in [-0.3, -0.25) is 9.56 Å². The summed E-state index contributed by atoms with van der Waals surface area (Å²) in [7, 11) is -4.42. The Morgan fingerprint density at radius 2 is 1.88 bits per heavy atom. The second-order valence-electron chi connectivity index (χ2n) is 3.37. The van der Waals surface area contributed by atoms with Gasteiger partial charge in [0.2, 0.25) is 0 Å². The number of anilines is 1. The van der Waals surface area contributed by atoms with Crippen LogP contribution in [0.4, 0.5) is 5.69 Å². The largest absolute Gasteiger partial charge is 0.367 e. The Morgan fingerprint density at radius 3 is 2.35 bits per heavy atom. The van der Waals surface area contributed by atoms with Crippen LogP contribution in [0.25, 0.3) is 0 Å². The van der Waals surface area contributed by atoms with Crippen LogP contribution in [0.1, 0.15) is 0 Å². The lowest BCUT2D eigenvalue weighted by atomic mass is 10.3. The molecule has 1 atom stereocenters. The van der Waals surface area contributed by atoms with Crippen molar-refractivity contribution in [2.24, 2.45) is 0 Å². The fraction of sp³-hybridized carbons (Fsp3) is 0.111. The third-order valence-corrected chi connectivity index (χ3v) is 3.42. The highest BCUT2D eigenvalue weighted by Crippen LogP contribution is 2.25. The fourth-order valence-electron chi connectivity index (χ4n) is 1.43. The normalized spacial score (nSPS) is 20.1. The molecule has 0 saturated carbocycles. The maximum atomic E-state index is 10.9. The molecule has 0 aliphatic carbocycles. The lowest BCUT2D eigenvalue weighted by Crippen LogP contribution is -2.39. The van der Waals surface area contributed by atoms with E-state index < -0.39 is 21.3 Å². The molecule has 3 N–H and O–H groups in total. The highest BCUT2D eigenvalue weighted by molar-refractivity contribution is 7.89. The summed E-state index contributed by atoms with van der Waals surface area (Å²) in [4.78, 5) is -0.507. The summed E-state index contributed by atoms with van der Waals surface area (Å²) in [6.45, 7) is 0. The lowest BCUT2D eigenvalue weighted by molar-refractivity contribution is 0.213. The first-order valence-electron chi connectivity index (χ1n) is 4.56. The maximum Gasteiger partial charge on any atom is 0.296 e. The monoisotopic (exact) mass is 276 g/mol. The molecule has 1 unspecified atom stereocenters. The van der Waals surface area contributed by atoms with Gasteiger partial charge < -0.3 is 10.5 Å². The van der Waals surface area contributed by atoms with E-state index in [1.165, 1.54) is 5.01 Å². The van der Waals surface area contributed by atoms with Crippen LogP contribution in [-0.4, -0.2) is 24.3 Å². The van der Waals surface area contributed by atoms with E-state index in [0.29, 0.717) is 10.7 Å². The first-order valence-corrected chi connectivity index (χ1v) is 6.38. The van der Waals surface area contributed by atoms with E-state index in [9.17, 15) is 13.5 Å². The number of aliphatic hydroxyl groups is 1. The van der Waals surface area contributed by atoms with Crippen molar-refractivity contribution in [1.82, 2.24) is 5.43 Å². The topological polar surface area (TPSA) is 89.9 Å². The van der Waals surface area contributed by atoms with Crippen molar-refractivity contribution in [2.75, 3.05) is 5.01 Å². The van der Waals surface area contributed by atoms with Crippen LogP contribution >= 0.6 is 11.6 Å². The van der Waals surface area contributed by atoms with E-state index in [-0.39, 0.29) is 0 Å². The Kier molecular flexibility index (Phi) is 3.00. The van der Waals surface area contributed by atoms with Crippen LogP contribution in [0.2, 0.25) is 5.02 Å². The van der Waals surface area contributed by atoms with Gasteiger partial charge in [0, 0.05) is 11.2 Å². The number of benzene rings is 1. The molecule has 2 rings (SSSR count). The van der Waals surface area contributed by atoms with Gasteiger partial charge in [-0.25, -0.2) is 0 Å². The zero-order valence-electron chi connectivity index (χ0n) is 8.41. The van der Waals surface area contributed by atoms with Gasteiger partial charge in [0.1, 0.15) is 4.91 Å². The van der Waals surface area contributed by atoms with Gasteiger partial charge in [-0.2, -0.15) is 8.42 Å². The van der Waals surface area contributed by atoms with Crippen LogP contribution in [0.5, 0.6) is 0 Å². The lowest BCUT2D eigenvalue weighted by Gasteiger charge is -2.23. The van der Waals surface area contributed by atoms with Gasteiger partial charge >= 0.3 is 0 Å². The molecule has 17 heavy (non-hydrogen) atoms. The third kappa shape index (κ3) is 2.37. The first kappa shape index (κ1) is 12.2. The number of hydrazine groups is 1. The summed E-state index contributed by atoms with van der Waals surface area (Å²) >= 11 is 5.71. The molecule has 0 saturated heterocycles. The number of rotatable bonds is 2. The van der Waals surface area contributed by atoms with Gasteiger partial charge in [-0.05, 0) is 24.3 Å². The number of halogens is 1. The van der Waals surface area contributed by atoms with Gasteiger partial charge in [-0.1, -0.05) is 11.6 Å². The van der Waals surface area contributed by atoms with Crippen molar-refractivity contribution in [1.29, 1.82) is 0 Å². The Bertz CT molecular complexity index is 555. The van der Waals surface area contributed by atoms with Crippen molar-refractivity contribution >= 4 is 27.4 Å². The molecule has 1 aliphatic heterocycles. The van der Waals surface area contributed by atoms with Crippen molar-refractivity contribution < 1.29 is 18.1 Å². The van der Waals surface area contributed by atoms with Crippen molar-refractivity contribution in [3.8, 4) is 0 Å². The fourth-order valence-corrected chi connectivity index (χ4v) is 2.13. The predicted molar refractivity (Wildman–Crippen MR) is 62.7 cm³/mol. The molecule has 0 amide bonds. The van der Waals surface area contributed by atoms with E-state index in [2.05, 4.69) is 5.43 Å². The molecular formula is C9H9ClN2O4S. The molecule has 1 heterocycles. The summed E-state index contributed by atoms with van der Waals surface area (Å²) in [6, 6.07) is 6.38. The van der Waals surface area contributed by atoms with Crippen LogP contribution in [0.15, 0.2) is 35.4 Å². The summed E-state index contributed by atoms with van der Waals surface area (Å²) in [5.41, 5.74) is 3.05. The van der Waals surface area contributed by atoms with Crippen molar-refractivity contribution in [2.45, 2.75) is 6.23 Å². The van der Waals surface area contributed by atoms with E-state index in [4.69, 9.17) is 16.2 Å². The average molecular weight is 277 g/mol. The summed E-state index contributed by atoms with van der Waals surface area (Å²) < 4.78 is 30.7. The van der Waals surface area contributed by atoms with E-state index in [1.54, 1.807) is 24.3 Å². The minimum Gasteiger partial charge on any atom is -0.367 e. The predicted octanol–water partition coefficient (Wildman–Crippen LogP) is 0.712. The van der Waals surface area contributed by atoms with Crippen LogP contribution in [0, 0.1) is 0 Å². The standard InChI is InChI=1S/C9H9ClN2O4S/c10-6-1-3-7(4-2-6)12-9(13)8(5-11-12)17(14,15)16/h1-5,9,11,13H,(H,14,15,16). The van der Waals surface area contributed by atoms with Gasteiger partial charge in [-0.15, -0.1) is 0 Å². The van der Waals surface area contributed by atoms with Gasteiger partial charge in [0.25, 0.3) is 10.1 Å². The molecule has 8 heteroatoms. The minimum atomic E-state index is -4.42. The average Bonchev–Trinajstić information content (AvgIpc) is 2.61. The zero-order valence-corrected chi connectivity index (χ0v) is 9.98. The molecule has 92 valence electrons. The Hall–Kier alpha value is -1.28. The molecule has 0 aromatic heterocycles. The SMILES string of the molecule is O=S(=O)(O)C1=CNN(c2ccc(Cl)cc2)C1O. The molecule has 0 bridgehead atoms. The second kappa shape index (κ2) is 4.19. The summed E-state index contributed by atoms with van der Waals surface area (Å²) in [6.07, 6.45) is -0.458. The Balaban J connectivity index is 2.26. The van der Waals surface area contributed by atoms with E-state index in [0.717, 1.165) is 6.20 Å². The maximum absolute atomic E-state index is 10.9. The number of nitrogens with zero attached hydrogens (tertiary/aromatic N) is 1. The van der Waals surface area contributed by atoms with Crippen molar-refractivity contribution in [3.05, 3.63) is 40.4 Å². The molecule has 0 spiro atoms. The summed E-state index contributed by atoms with van der Waals surface area (Å²) in [5.74, 6) is 0. The van der Waals surface area contributed by atoms with Crippen LogP contribution in [0.3, 0.4) is 0 Å². The van der Waals surface area contributed by atoms with E-state index in [1.807, 2.05) is 0 Å². The Labute approximate surface area is 103 Å². The molecular weight excluding hydrogens is 268 g/mol. The van der Waals surface area contributed by atoms with Gasteiger partial charge in [0.15, 0.2) is 6.23 Å².